The molecule has 0 radical (unpaired) electrons. The first-order valence-corrected chi connectivity index (χ1v) is 16.9. The third-order valence-corrected chi connectivity index (χ3v) is 11.6. The molecule has 2 aromatic carbocycles. The van der Waals surface area contributed by atoms with Crippen molar-refractivity contribution in [2.75, 3.05) is 5.75 Å². The van der Waals surface area contributed by atoms with E-state index in [1.54, 1.807) is 62.9 Å². The molecule has 0 spiro atoms. The largest absolute Gasteiger partial charge is 0.478 e. The third-order valence-electron chi connectivity index (χ3n) is 8.49. The van der Waals surface area contributed by atoms with Crippen LogP contribution in [0.5, 0.6) is 0 Å². The van der Waals surface area contributed by atoms with Crippen LogP contribution >= 0.6 is 23.2 Å². The van der Waals surface area contributed by atoms with E-state index in [1.807, 2.05) is 24.3 Å². The molecule has 2 unspecified atom stereocenters. The number of hydrogen-bond donors (Lipinski definition) is 1. The zero-order valence-corrected chi connectivity index (χ0v) is 27.4. The number of pyridine rings is 1. The summed E-state index contributed by atoms with van der Waals surface area (Å²) >= 11 is 12.7. The fourth-order valence-corrected chi connectivity index (χ4v) is 7.45. The molecule has 1 N–H and O–H groups in total. The number of halogens is 2. The lowest BCUT2D eigenvalue weighted by Crippen LogP contribution is -2.62. The molecule has 2 aliphatic rings. The highest BCUT2D eigenvalue weighted by molar-refractivity contribution is 7.92. The second kappa shape index (κ2) is 12.1. The van der Waals surface area contributed by atoms with Gasteiger partial charge in [-0.15, -0.1) is 0 Å². The fourth-order valence-electron chi connectivity index (χ4n) is 5.74. The van der Waals surface area contributed by atoms with Crippen molar-refractivity contribution in [2.24, 2.45) is 5.92 Å². The number of sulfone groups is 1. The van der Waals surface area contributed by atoms with Crippen molar-refractivity contribution < 1.29 is 27.9 Å². The maximum Gasteiger partial charge on any atom is 0.337 e. The van der Waals surface area contributed by atoms with Gasteiger partial charge in [0.25, 0.3) is 5.91 Å². The molecule has 1 amide bonds. The quantitative estimate of drug-likeness (QED) is 0.271. The number of nitrogens with zero attached hydrogens (tertiary/aromatic N) is 2. The van der Waals surface area contributed by atoms with Crippen molar-refractivity contribution in [3.63, 3.8) is 0 Å². The summed E-state index contributed by atoms with van der Waals surface area (Å²) in [5, 5.41) is 10.4. The summed E-state index contributed by atoms with van der Waals surface area (Å²) in [6.07, 6.45) is 2.17. The summed E-state index contributed by atoms with van der Waals surface area (Å²) in [6, 6.07) is 16.1. The Kier molecular flexibility index (Phi) is 8.90. The van der Waals surface area contributed by atoms with Crippen LogP contribution in [0, 0.1) is 5.92 Å². The van der Waals surface area contributed by atoms with Crippen LogP contribution in [0.3, 0.4) is 0 Å². The first-order chi connectivity index (χ1) is 20.6. The molecule has 2 heterocycles. The smallest absolute Gasteiger partial charge is 0.337 e. The number of amides is 1. The van der Waals surface area contributed by atoms with E-state index in [0.717, 1.165) is 24.0 Å². The normalized spacial score (nSPS) is 23.4. The van der Waals surface area contributed by atoms with Crippen molar-refractivity contribution >= 4 is 44.9 Å². The summed E-state index contributed by atoms with van der Waals surface area (Å²) in [5.41, 5.74) is 0.496. The van der Waals surface area contributed by atoms with E-state index in [2.05, 4.69) is 4.98 Å². The predicted octanol–water partition coefficient (Wildman–Crippen LogP) is 6.72. The average molecular weight is 660 g/mol. The number of rotatable bonds is 9. The predicted molar refractivity (Wildman–Crippen MR) is 170 cm³/mol. The van der Waals surface area contributed by atoms with Crippen LogP contribution in [-0.4, -0.2) is 57.4 Å². The Bertz CT molecular complexity index is 1650. The Hall–Kier alpha value is -2.98. The SMILES string of the molecule is CC(C)(C)S(=O)(=O)CC(C1CC1)N1C(=O)[C@](C)(Cc2ccc(C(=O)O)cn2)O[C@H](c2cccc(Cl)c2)C1c1ccc(Cl)cc1. The number of morpholine rings is 1. The molecular weight excluding hydrogens is 623 g/mol. The molecule has 8 nitrogen and oxygen atoms in total. The highest BCUT2D eigenvalue weighted by atomic mass is 35.5. The highest BCUT2D eigenvalue weighted by Gasteiger charge is 2.56. The number of carboxylic acids is 1. The maximum atomic E-state index is 14.9. The van der Waals surface area contributed by atoms with Gasteiger partial charge in [-0.1, -0.05) is 47.5 Å². The van der Waals surface area contributed by atoms with Crippen LogP contribution in [0.25, 0.3) is 0 Å². The molecule has 44 heavy (non-hydrogen) atoms. The van der Waals surface area contributed by atoms with Crippen LogP contribution in [0.2, 0.25) is 10.0 Å². The molecule has 1 aliphatic heterocycles. The van der Waals surface area contributed by atoms with Crippen LogP contribution in [-0.2, 0) is 25.8 Å². The zero-order valence-electron chi connectivity index (χ0n) is 25.0. The summed E-state index contributed by atoms with van der Waals surface area (Å²) < 4.78 is 33.2. The van der Waals surface area contributed by atoms with Crippen LogP contribution in [0.4, 0.5) is 0 Å². The summed E-state index contributed by atoms with van der Waals surface area (Å²) in [4.78, 5) is 32.3. The van der Waals surface area contributed by atoms with Crippen molar-refractivity contribution in [1.29, 1.82) is 0 Å². The number of aromatic carboxylic acids is 1. The Morgan fingerprint density at radius 1 is 1.07 bits per heavy atom. The van der Waals surface area contributed by atoms with Gasteiger partial charge in [0.15, 0.2) is 15.4 Å². The Balaban J connectivity index is 1.68. The average Bonchev–Trinajstić information content (AvgIpc) is 3.79. The van der Waals surface area contributed by atoms with Crippen molar-refractivity contribution in [3.05, 3.63) is 99.3 Å². The van der Waals surface area contributed by atoms with E-state index in [1.165, 1.54) is 12.3 Å². The number of carbonyl (C=O) groups is 2. The highest BCUT2D eigenvalue weighted by Crippen LogP contribution is 2.50. The number of hydrogen-bond acceptors (Lipinski definition) is 6. The van der Waals surface area contributed by atoms with Gasteiger partial charge in [-0.3, -0.25) is 9.78 Å². The van der Waals surface area contributed by atoms with Crippen LogP contribution < -0.4 is 0 Å². The van der Waals surface area contributed by atoms with Gasteiger partial charge in [0.1, 0.15) is 6.10 Å². The minimum Gasteiger partial charge on any atom is -0.478 e. The van der Waals surface area contributed by atoms with Gasteiger partial charge in [0.2, 0.25) is 0 Å². The number of carbonyl (C=O) groups excluding carboxylic acids is 1. The molecule has 5 rings (SSSR count). The van der Waals surface area contributed by atoms with Crippen molar-refractivity contribution in [3.8, 4) is 0 Å². The van der Waals surface area contributed by atoms with Crippen LogP contribution in [0.1, 0.15) is 79.9 Å². The molecule has 11 heteroatoms. The Labute approximate surface area is 268 Å². The summed E-state index contributed by atoms with van der Waals surface area (Å²) in [7, 11) is -3.63. The van der Waals surface area contributed by atoms with Gasteiger partial charge in [-0.25, -0.2) is 13.2 Å². The topological polar surface area (TPSA) is 114 Å². The molecule has 1 saturated heterocycles. The van der Waals surface area contributed by atoms with Gasteiger partial charge in [0, 0.05) is 34.4 Å². The fraction of sp³-hybridized carbons (Fsp3) is 0.424. The summed E-state index contributed by atoms with van der Waals surface area (Å²) in [5.74, 6) is -1.66. The Morgan fingerprint density at radius 3 is 2.30 bits per heavy atom. The van der Waals surface area contributed by atoms with Gasteiger partial charge < -0.3 is 14.7 Å². The van der Waals surface area contributed by atoms with Gasteiger partial charge in [-0.05, 0) is 94.0 Å². The minimum absolute atomic E-state index is 0.00112. The van der Waals surface area contributed by atoms with Crippen molar-refractivity contribution in [2.45, 2.75) is 75.5 Å². The van der Waals surface area contributed by atoms with E-state index < -0.39 is 44.3 Å². The molecule has 1 saturated carbocycles. The Morgan fingerprint density at radius 2 is 1.75 bits per heavy atom. The number of benzene rings is 2. The standard InChI is InChI=1S/C33H36Cl2N2O6S/c1-32(2,3)44(41,42)19-27(20-8-9-20)37-28(21-10-13-24(34)14-11-21)29(22-6-5-7-25(35)16-22)43-33(4,31(37)40)17-26-15-12-23(18-36-26)30(38)39/h5-7,10-16,18,20,27-29H,8-9,17,19H2,1-4H3,(H,38,39)/t27?,28?,29-,33+/m1/s1. The van der Waals surface area contributed by atoms with E-state index in [9.17, 15) is 23.1 Å². The van der Waals surface area contributed by atoms with E-state index >= 15 is 0 Å². The number of aromatic nitrogens is 1. The van der Waals surface area contributed by atoms with Crippen LogP contribution in [0.15, 0.2) is 66.9 Å². The number of ether oxygens (including phenoxy) is 1. The zero-order chi connectivity index (χ0) is 32.0. The lowest BCUT2D eigenvalue weighted by atomic mass is 9.85. The van der Waals surface area contributed by atoms with E-state index in [0.29, 0.717) is 15.7 Å². The molecule has 4 atom stereocenters. The third kappa shape index (κ3) is 6.66. The second-order valence-electron chi connectivity index (χ2n) is 12.9. The van der Waals surface area contributed by atoms with E-state index in [-0.39, 0.29) is 29.6 Å². The molecule has 1 aromatic heterocycles. The molecule has 3 aromatic rings. The molecule has 234 valence electrons. The number of carboxylic acid groups (broad SMARTS) is 1. The first kappa shape index (κ1) is 32.4. The minimum atomic E-state index is -3.63. The monoisotopic (exact) mass is 658 g/mol. The van der Waals surface area contributed by atoms with Gasteiger partial charge in [0.05, 0.1) is 22.1 Å². The summed E-state index contributed by atoms with van der Waals surface area (Å²) in [6.45, 7) is 6.72. The molecule has 0 bridgehead atoms. The van der Waals surface area contributed by atoms with Gasteiger partial charge >= 0.3 is 5.97 Å². The lowest BCUT2D eigenvalue weighted by molar-refractivity contribution is -0.202. The maximum absolute atomic E-state index is 14.9. The molecule has 2 fully saturated rings. The molecular formula is C33H36Cl2N2O6S. The lowest BCUT2D eigenvalue weighted by Gasteiger charge is -2.52. The second-order valence-corrected chi connectivity index (χ2v) is 16.5. The van der Waals surface area contributed by atoms with Gasteiger partial charge in [-0.2, -0.15) is 0 Å². The molecule has 1 aliphatic carbocycles. The van der Waals surface area contributed by atoms with Crippen molar-refractivity contribution in [1.82, 2.24) is 9.88 Å². The first-order valence-electron chi connectivity index (χ1n) is 14.5. The van der Waals surface area contributed by atoms with E-state index in [4.69, 9.17) is 27.9 Å².